The van der Waals surface area contributed by atoms with Crippen molar-refractivity contribution < 1.29 is 80.2 Å². The van der Waals surface area contributed by atoms with Gasteiger partial charge in [0.2, 0.25) is 0 Å². The summed E-state index contributed by atoms with van der Waals surface area (Å²) in [6.45, 7) is 4.97. The third-order valence-electron chi connectivity index (χ3n) is 17.1. The Hall–Kier alpha value is -1.94. The summed E-state index contributed by atoms with van der Waals surface area (Å²) in [6, 6.07) is 0. The highest BCUT2D eigenvalue weighted by Crippen LogP contribution is 2.45. The van der Waals surface area contributed by atoms with Gasteiger partial charge in [-0.3, -0.25) is 37.3 Å². The highest BCUT2D eigenvalue weighted by atomic mass is 31.2. The molecule has 0 rings (SSSR count). The summed E-state index contributed by atoms with van der Waals surface area (Å²) >= 11 is 0. The van der Waals surface area contributed by atoms with Crippen LogP contribution in [0, 0.1) is 0 Å². The lowest BCUT2D eigenvalue weighted by Gasteiger charge is -2.21. The molecule has 0 aromatic carbocycles. The van der Waals surface area contributed by atoms with Crippen LogP contribution in [0.15, 0.2) is 0 Å². The van der Waals surface area contributed by atoms with Crippen molar-refractivity contribution in [2.45, 2.75) is 406 Å². The van der Waals surface area contributed by atoms with Crippen molar-refractivity contribution in [3.05, 3.63) is 0 Å². The van der Waals surface area contributed by atoms with Gasteiger partial charge in [-0.2, -0.15) is 0 Å². The van der Waals surface area contributed by atoms with E-state index in [0.29, 0.717) is 25.7 Å². The van der Waals surface area contributed by atoms with Gasteiger partial charge in [-0.15, -0.1) is 0 Å². The van der Waals surface area contributed by atoms with Crippen molar-refractivity contribution in [3.63, 3.8) is 0 Å². The van der Waals surface area contributed by atoms with Crippen LogP contribution in [-0.4, -0.2) is 96.7 Å². The minimum Gasteiger partial charge on any atom is -0.462 e. The van der Waals surface area contributed by atoms with Crippen LogP contribution < -0.4 is 0 Å². The SMILES string of the molecule is CCCCCCCCCCCCCCCCCC(=O)O[C@H](COC(=O)CCCCCCCCCCCCCCCC)COP(=O)(O)OC[C@@H](O)COP(=O)(O)OC[C@@H](COC(=O)CCCCCCCCCCC)OC(=O)CCCCCCCCCCCCCCCC. The molecule has 5 atom stereocenters. The van der Waals surface area contributed by atoms with Crippen LogP contribution in [0.25, 0.3) is 0 Å². The van der Waals surface area contributed by atoms with Crippen LogP contribution in [0.3, 0.4) is 0 Å². The molecule has 0 aromatic rings. The van der Waals surface area contributed by atoms with Crippen molar-refractivity contribution in [1.29, 1.82) is 0 Å². The standard InChI is InChI=1S/C73H142O17P2/c1-5-9-13-17-21-25-28-31-34-37-40-44-48-52-56-60-73(78)90-69(64-84-71(76)58-54-50-46-42-38-35-32-29-26-22-18-14-10-6-2)66-88-92(81,82)86-62-67(74)61-85-91(79,80)87-65-68(63-83-70(75)57-53-49-45-41-24-20-16-12-8-4)89-72(77)59-55-51-47-43-39-36-33-30-27-23-19-15-11-7-3/h67-69,74H,5-66H2,1-4H3,(H,79,80)(H,81,82)/t67-,68+,69+/m0/s1. The number of carbonyl (C=O) groups is 4. The van der Waals surface area contributed by atoms with Gasteiger partial charge in [-0.1, -0.05) is 336 Å². The number of hydrogen-bond donors (Lipinski definition) is 3. The Labute approximate surface area is 562 Å². The number of ether oxygens (including phenoxy) is 4. The maximum Gasteiger partial charge on any atom is 0.472 e. The van der Waals surface area contributed by atoms with E-state index in [-0.39, 0.29) is 25.7 Å². The van der Waals surface area contributed by atoms with E-state index in [1.165, 1.54) is 218 Å². The number of aliphatic hydroxyl groups excluding tert-OH is 1. The van der Waals surface area contributed by atoms with Crippen molar-refractivity contribution >= 4 is 39.5 Å². The number of unbranched alkanes of at least 4 members (excludes halogenated alkanes) is 48. The van der Waals surface area contributed by atoms with Crippen LogP contribution >= 0.6 is 15.6 Å². The zero-order chi connectivity index (χ0) is 67.5. The van der Waals surface area contributed by atoms with Crippen LogP contribution in [0.1, 0.15) is 387 Å². The van der Waals surface area contributed by atoms with Crippen molar-refractivity contribution in [3.8, 4) is 0 Å². The Bertz CT molecular complexity index is 1760. The first-order valence-electron chi connectivity index (χ1n) is 38.3. The van der Waals surface area contributed by atoms with Gasteiger partial charge in [0.25, 0.3) is 0 Å². The second kappa shape index (κ2) is 67.6. The molecule has 546 valence electrons. The van der Waals surface area contributed by atoms with Crippen LogP contribution in [-0.2, 0) is 65.4 Å². The molecule has 0 aliphatic heterocycles. The molecule has 17 nitrogen and oxygen atoms in total. The van der Waals surface area contributed by atoms with Gasteiger partial charge in [-0.05, 0) is 25.7 Å². The molecule has 0 radical (unpaired) electrons. The minimum atomic E-state index is -4.95. The molecule has 0 aliphatic rings. The Kier molecular flexibility index (Phi) is 66.2. The van der Waals surface area contributed by atoms with E-state index in [9.17, 15) is 43.2 Å². The highest BCUT2D eigenvalue weighted by molar-refractivity contribution is 7.47. The third-order valence-corrected chi connectivity index (χ3v) is 19.0. The summed E-state index contributed by atoms with van der Waals surface area (Å²) in [4.78, 5) is 72.7. The number of aliphatic hydroxyl groups is 1. The van der Waals surface area contributed by atoms with Gasteiger partial charge in [-0.25, -0.2) is 9.13 Å². The molecule has 0 saturated heterocycles. The summed E-state index contributed by atoms with van der Waals surface area (Å²) in [5, 5.41) is 10.6. The van der Waals surface area contributed by atoms with Crippen molar-refractivity contribution in [2.24, 2.45) is 0 Å². The second-order valence-electron chi connectivity index (χ2n) is 26.3. The van der Waals surface area contributed by atoms with Gasteiger partial charge >= 0.3 is 39.5 Å². The topological polar surface area (TPSA) is 237 Å². The molecule has 19 heteroatoms. The number of phosphoric ester groups is 2. The summed E-state index contributed by atoms with van der Waals surface area (Å²) in [7, 11) is -9.90. The predicted molar refractivity (Wildman–Crippen MR) is 372 cm³/mol. The zero-order valence-electron chi connectivity index (χ0n) is 59.5. The fourth-order valence-electron chi connectivity index (χ4n) is 11.2. The average molecular weight is 1350 g/mol. The van der Waals surface area contributed by atoms with Crippen molar-refractivity contribution in [2.75, 3.05) is 39.6 Å². The highest BCUT2D eigenvalue weighted by Gasteiger charge is 2.30. The monoisotopic (exact) mass is 1350 g/mol. The molecule has 0 bridgehead atoms. The number of rotatable bonds is 74. The van der Waals surface area contributed by atoms with Crippen LogP contribution in [0.4, 0.5) is 0 Å². The Balaban J connectivity index is 5.23. The normalized spacial score (nSPS) is 13.9. The zero-order valence-corrected chi connectivity index (χ0v) is 61.3. The number of carbonyl (C=O) groups excluding carboxylic acids is 4. The fraction of sp³-hybridized carbons (Fsp3) is 0.945. The summed E-state index contributed by atoms with van der Waals surface area (Å²) in [6.07, 6.45) is 56.7. The first kappa shape index (κ1) is 90.1. The lowest BCUT2D eigenvalue weighted by Crippen LogP contribution is -2.30. The second-order valence-corrected chi connectivity index (χ2v) is 29.2. The smallest absolute Gasteiger partial charge is 0.462 e. The molecule has 0 aromatic heterocycles. The van der Waals surface area contributed by atoms with Gasteiger partial charge in [0, 0.05) is 25.7 Å². The maximum atomic E-state index is 13.1. The molecule has 3 N–H and O–H groups in total. The molecule has 0 heterocycles. The largest absolute Gasteiger partial charge is 0.472 e. The third kappa shape index (κ3) is 66.7. The Morgan fingerprint density at radius 3 is 0.641 bits per heavy atom. The fourth-order valence-corrected chi connectivity index (χ4v) is 12.8. The number of hydrogen-bond acceptors (Lipinski definition) is 15. The number of esters is 4. The van der Waals surface area contributed by atoms with Crippen LogP contribution in [0.2, 0.25) is 0 Å². The molecular formula is C73H142O17P2. The van der Waals surface area contributed by atoms with Gasteiger partial charge in [0.15, 0.2) is 12.2 Å². The molecule has 0 aliphatic carbocycles. The van der Waals surface area contributed by atoms with Crippen LogP contribution in [0.5, 0.6) is 0 Å². The Morgan fingerprint density at radius 1 is 0.261 bits per heavy atom. The van der Waals surface area contributed by atoms with Gasteiger partial charge in [0.05, 0.1) is 26.4 Å². The van der Waals surface area contributed by atoms with E-state index in [1.54, 1.807) is 0 Å². The summed E-state index contributed by atoms with van der Waals surface area (Å²) < 4.78 is 68.4. The molecule has 0 amide bonds. The summed E-state index contributed by atoms with van der Waals surface area (Å²) in [5.41, 5.74) is 0. The van der Waals surface area contributed by atoms with E-state index >= 15 is 0 Å². The lowest BCUT2D eigenvalue weighted by molar-refractivity contribution is -0.161. The van der Waals surface area contributed by atoms with Gasteiger partial charge in [0.1, 0.15) is 19.3 Å². The first-order chi connectivity index (χ1) is 44.7. The van der Waals surface area contributed by atoms with E-state index in [4.69, 9.17) is 37.0 Å². The predicted octanol–water partition coefficient (Wildman–Crippen LogP) is 21.4. The molecular weight excluding hydrogens is 1210 g/mol. The van der Waals surface area contributed by atoms with E-state index in [1.807, 2.05) is 0 Å². The van der Waals surface area contributed by atoms with E-state index < -0.39 is 97.5 Å². The molecule has 0 fully saturated rings. The lowest BCUT2D eigenvalue weighted by atomic mass is 10.0. The Morgan fingerprint density at radius 2 is 0.435 bits per heavy atom. The minimum absolute atomic E-state index is 0.108. The average Bonchev–Trinajstić information content (AvgIpc) is 2.00. The summed E-state index contributed by atoms with van der Waals surface area (Å²) in [5.74, 6) is -2.11. The molecule has 92 heavy (non-hydrogen) atoms. The molecule has 0 saturated carbocycles. The van der Waals surface area contributed by atoms with Gasteiger partial charge < -0.3 is 33.8 Å². The molecule has 0 spiro atoms. The number of phosphoric acid groups is 2. The quantitative estimate of drug-likeness (QED) is 0.0222. The van der Waals surface area contributed by atoms with E-state index in [0.717, 1.165) is 89.9 Å². The van der Waals surface area contributed by atoms with E-state index in [2.05, 4.69) is 27.7 Å². The molecule has 2 unspecified atom stereocenters. The maximum absolute atomic E-state index is 13.1. The first-order valence-corrected chi connectivity index (χ1v) is 41.3. The van der Waals surface area contributed by atoms with Crippen molar-refractivity contribution in [1.82, 2.24) is 0 Å².